The first-order chi connectivity index (χ1) is 7.26. The molecule has 1 aromatic carbocycles. The Bertz CT molecular complexity index is 690. The van der Waals surface area contributed by atoms with Crippen LogP contribution in [0.4, 0.5) is 5.69 Å². The number of nitrogens with zero attached hydrogens (tertiary/aromatic N) is 1. The molecule has 0 saturated heterocycles. The molecule has 1 heterocycles. The van der Waals surface area contributed by atoms with Gasteiger partial charge in [0, 0.05) is 6.07 Å². The summed E-state index contributed by atoms with van der Waals surface area (Å²) < 4.78 is 46.8. The summed E-state index contributed by atoms with van der Waals surface area (Å²) in [6, 6.07) is 3.03. The van der Waals surface area contributed by atoms with Crippen molar-refractivity contribution < 1.29 is 21.8 Å². The molecule has 0 bridgehead atoms. The predicted octanol–water partition coefficient (Wildman–Crippen LogP) is -0.425. The highest BCUT2D eigenvalue weighted by Gasteiger charge is 2.43. The van der Waals surface area contributed by atoms with E-state index >= 15 is 0 Å². The average molecular weight is 264 g/mol. The highest BCUT2D eigenvalue weighted by molar-refractivity contribution is 8.07. The van der Waals surface area contributed by atoms with Crippen molar-refractivity contribution in [1.82, 2.24) is 4.13 Å². The van der Waals surface area contributed by atoms with Crippen LogP contribution in [0.25, 0.3) is 0 Å². The zero-order valence-corrected chi connectivity index (χ0v) is 9.08. The second-order valence-corrected chi connectivity index (χ2v) is 6.48. The van der Waals surface area contributed by atoms with Crippen LogP contribution in [0.1, 0.15) is 0 Å². The Hall–Kier alpha value is -1.52. The number of rotatable bonds is 1. The van der Waals surface area contributed by atoms with Crippen LogP contribution in [-0.2, 0) is 20.0 Å². The van der Waals surface area contributed by atoms with Crippen LogP contribution in [0.3, 0.4) is 0 Å². The molecule has 1 aliphatic rings. The maximum Gasteiger partial charge on any atom is 0.290 e. The summed E-state index contributed by atoms with van der Waals surface area (Å²) in [5, 5.41) is 10.6. The molecule has 0 fully saturated rings. The Labute approximate surface area is 90.1 Å². The smallest absolute Gasteiger partial charge is 0.258 e. The molecule has 86 valence electrons. The van der Waals surface area contributed by atoms with Gasteiger partial charge < -0.3 is 0 Å². The number of nitro groups is 1. The Morgan fingerprint density at radius 1 is 1.12 bits per heavy atom. The summed E-state index contributed by atoms with van der Waals surface area (Å²) >= 11 is 0. The van der Waals surface area contributed by atoms with E-state index in [0.29, 0.717) is 0 Å². The molecule has 1 N–H and O–H groups in total. The lowest BCUT2D eigenvalue weighted by Gasteiger charge is -1.96. The van der Waals surface area contributed by atoms with Gasteiger partial charge in [0.15, 0.2) is 4.90 Å². The quantitative estimate of drug-likeness (QED) is 0.542. The molecule has 1 aliphatic heterocycles. The van der Waals surface area contributed by atoms with Crippen molar-refractivity contribution in [3.8, 4) is 0 Å². The summed E-state index contributed by atoms with van der Waals surface area (Å²) in [6.45, 7) is 0. The summed E-state index contributed by atoms with van der Waals surface area (Å²) in [7, 11) is -8.58. The third-order valence-electron chi connectivity index (χ3n) is 1.93. The molecule has 0 radical (unpaired) electrons. The van der Waals surface area contributed by atoms with E-state index in [1.807, 2.05) is 0 Å². The molecular weight excluding hydrogens is 260 g/mol. The average Bonchev–Trinajstić information content (AvgIpc) is 2.33. The third-order valence-corrected chi connectivity index (χ3v) is 5.70. The second kappa shape index (κ2) is 2.99. The largest absolute Gasteiger partial charge is 0.290 e. The maximum atomic E-state index is 11.4. The van der Waals surface area contributed by atoms with Gasteiger partial charge in [-0.2, -0.15) is 0 Å². The fourth-order valence-electron chi connectivity index (χ4n) is 1.36. The first-order valence-electron chi connectivity index (χ1n) is 3.82. The summed E-state index contributed by atoms with van der Waals surface area (Å²) in [5.74, 6) is 0. The van der Waals surface area contributed by atoms with Gasteiger partial charge in [-0.3, -0.25) is 10.1 Å². The predicted molar refractivity (Wildman–Crippen MR) is 50.6 cm³/mol. The van der Waals surface area contributed by atoms with Crippen molar-refractivity contribution in [2.24, 2.45) is 0 Å². The number of fused-ring (bicyclic) bond motifs is 1. The van der Waals surface area contributed by atoms with Crippen LogP contribution < -0.4 is 4.13 Å². The Kier molecular flexibility index (Phi) is 2.05. The first-order valence-corrected chi connectivity index (χ1v) is 6.78. The SMILES string of the molecule is O=[N+]([O-])c1cccc2c1S(=O)(=O)NS2(=O)=O. The highest BCUT2D eigenvalue weighted by Crippen LogP contribution is 2.35. The second-order valence-electron chi connectivity index (χ2n) is 2.95. The molecule has 1 aromatic rings. The highest BCUT2D eigenvalue weighted by atomic mass is 32.3. The maximum absolute atomic E-state index is 11.4. The zero-order valence-electron chi connectivity index (χ0n) is 7.45. The molecule has 0 saturated carbocycles. The monoisotopic (exact) mass is 264 g/mol. The minimum absolute atomic E-state index is 0.596. The summed E-state index contributed by atoms with van der Waals surface area (Å²) in [6.07, 6.45) is 0. The van der Waals surface area contributed by atoms with Crippen molar-refractivity contribution >= 4 is 25.7 Å². The van der Waals surface area contributed by atoms with Gasteiger partial charge >= 0.3 is 0 Å². The molecule has 0 aromatic heterocycles. The van der Waals surface area contributed by atoms with Gasteiger partial charge in [-0.05, 0) is 6.07 Å². The van der Waals surface area contributed by atoms with Crippen molar-refractivity contribution in [3.05, 3.63) is 28.3 Å². The summed E-state index contributed by atoms with van der Waals surface area (Å²) in [5.41, 5.74) is -0.758. The van der Waals surface area contributed by atoms with E-state index in [2.05, 4.69) is 0 Å². The Morgan fingerprint density at radius 3 is 2.31 bits per heavy atom. The Morgan fingerprint density at radius 2 is 1.75 bits per heavy atom. The van der Waals surface area contributed by atoms with Gasteiger partial charge in [-0.1, -0.05) is 6.07 Å². The molecule has 10 heteroatoms. The van der Waals surface area contributed by atoms with Crippen LogP contribution in [0, 0.1) is 10.1 Å². The van der Waals surface area contributed by atoms with Crippen molar-refractivity contribution in [1.29, 1.82) is 0 Å². The van der Waals surface area contributed by atoms with Crippen LogP contribution in [0.5, 0.6) is 0 Å². The van der Waals surface area contributed by atoms with E-state index in [1.54, 1.807) is 0 Å². The molecule has 8 nitrogen and oxygen atoms in total. The minimum Gasteiger partial charge on any atom is -0.258 e. The topological polar surface area (TPSA) is 123 Å². The number of nitrogens with one attached hydrogen (secondary N) is 1. The van der Waals surface area contributed by atoms with E-state index in [9.17, 15) is 26.9 Å². The fourth-order valence-corrected chi connectivity index (χ4v) is 5.22. The first kappa shape index (κ1) is 11.0. The molecular formula is C6H4N2O6S2. The van der Waals surface area contributed by atoms with Gasteiger partial charge in [0.05, 0.1) is 4.92 Å². The van der Waals surface area contributed by atoms with Crippen molar-refractivity contribution in [2.75, 3.05) is 0 Å². The normalized spacial score (nSPS) is 20.2. The number of hydrogen-bond donors (Lipinski definition) is 1. The van der Waals surface area contributed by atoms with Gasteiger partial charge in [-0.15, -0.1) is 4.13 Å². The lowest BCUT2D eigenvalue weighted by Crippen LogP contribution is -2.21. The van der Waals surface area contributed by atoms with Gasteiger partial charge in [0.1, 0.15) is 4.90 Å². The number of sulfonamides is 2. The van der Waals surface area contributed by atoms with Crippen LogP contribution in [0.15, 0.2) is 28.0 Å². The number of nitro benzene ring substituents is 1. The minimum atomic E-state index is -4.37. The van der Waals surface area contributed by atoms with Crippen molar-refractivity contribution in [2.45, 2.75) is 9.79 Å². The van der Waals surface area contributed by atoms with E-state index in [4.69, 9.17) is 0 Å². The van der Waals surface area contributed by atoms with E-state index in [-0.39, 0.29) is 0 Å². The van der Waals surface area contributed by atoms with E-state index < -0.39 is 40.4 Å². The van der Waals surface area contributed by atoms with Gasteiger partial charge in [0.25, 0.3) is 25.7 Å². The zero-order chi connectivity index (χ0) is 12.1. The van der Waals surface area contributed by atoms with E-state index in [0.717, 1.165) is 18.2 Å². The van der Waals surface area contributed by atoms with Crippen LogP contribution >= 0.6 is 0 Å². The molecule has 16 heavy (non-hydrogen) atoms. The fraction of sp³-hybridized carbons (Fsp3) is 0. The molecule has 0 amide bonds. The van der Waals surface area contributed by atoms with Gasteiger partial charge in [0.2, 0.25) is 0 Å². The molecule has 2 rings (SSSR count). The molecule has 0 spiro atoms. The van der Waals surface area contributed by atoms with E-state index in [1.165, 1.54) is 4.13 Å². The summed E-state index contributed by atoms with van der Waals surface area (Å²) in [4.78, 5) is 8.23. The third kappa shape index (κ3) is 1.38. The Balaban J connectivity index is 2.98. The lowest BCUT2D eigenvalue weighted by atomic mass is 10.3. The van der Waals surface area contributed by atoms with Gasteiger partial charge in [-0.25, -0.2) is 16.8 Å². The molecule has 0 aliphatic carbocycles. The number of benzene rings is 1. The van der Waals surface area contributed by atoms with Crippen LogP contribution in [-0.4, -0.2) is 21.8 Å². The van der Waals surface area contributed by atoms with Crippen molar-refractivity contribution in [3.63, 3.8) is 0 Å². The lowest BCUT2D eigenvalue weighted by molar-refractivity contribution is -0.388. The molecule has 0 atom stereocenters. The van der Waals surface area contributed by atoms with Crippen LogP contribution in [0.2, 0.25) is 0 Å². The number of hydrogen-bond acceptors (Lipinski definition) is 6. The molecule has 0 unspecified atom stereocenters. The standard InChI is InChI=1S/C6H4N2O6S2/c9-8(10)4-2-1-3-5-6(4)16(13,14)7-15(5,11)12/h1-3,7H.